The predicted molar refractivity (Wildman–Crippen MR) is 100 cm³/mol. The quantitative estimate of drug-likeness (QED) is 0.789. The van der Waals surface area contributed by atoms with Crippen molar-refractivity contribution in [1.29, 1.82) is 0 Å². The molecule has 0 aromatic carbocycles. The highest BCUT2D eigenvalue weighted by Gasteiger charge is 2.18. The summed E-state index contributed by atoms with van der Waals surface area (Å²) in [6, 6.07) is 1.84. The molecule has 3 rings (SSSR count). The summed E-state index contributed by atoms with van der Waals surface area (Å²) in [7, 11) is 0. The first-order valence-corrected chi connectivity index (χ1v) is 9.06. The fraction of sp³-hybridized carbons (Fsp3) is 0.529. The zero-order valence-electron chi connectivity index (χ0n) is 14.7. The van der Waals surface area contributed by atoms with E-state index in [4.69, 9.17) is 11.6 Å². The predicted octanol–water partition coefficient (Wildman–Crippen LogP) is 2.02. The maximum Gasteiger partial charge on any atom is 0.225 e. The van der Waals surface area contributed by atoms with Gasteiger partial charge in [-0.15, -0.1) is 0 Å². The van der Waals surface area contributed by atoms with E-state index in [9.17, 15) is 0 Å². The minimum Gasteiger partial charge on any atom is -0.368 e. The van der Waals surface area contributed by atoms with Crippen LogP contribution in [0.2, 0.25) is 5.15 Å². The second kappa shape index (κ2) is 8.40. The maximum atomic E-state index is 6.22. The van der Waals surface area contributed by atoms with Gasteiger partial charge in [-0.05, 0) is 19.4 Å². The van der Waals surface area contributed by atoms with Gasteiger partial charge in [0.2, 0.25) is 5.95 Å². The van der Waals surface area contributed by atoms with E-state index in [1.165, 1.54) is 0 Å². The van der Waals surface area contributed by atoms with Crippen LogP contribution < -0.4 is 10.2 Å². The number of hydrogen-bond donors (Lipinski definition) is 1. The number of halogens is 1. The molecule has 134 valence electrons. The summed E-state index contributed by atoms with van der Waals surface area (Å²) in [5.74, 6) is 2.37. The molecule has 0 spiro atoms. The fourth-order valence-electron chi connectivity index (χ4n) is 2.98. The van der Waals surface area contributed by atoms with Crippen molar-refractivity contribution >= 4 is 23.4 Å². The summed E-state index contributed by atoms with van der Waals surface area (Å²) in [6.07, 6.45) is 4.40. The highest BCUT2D eigenvalue weighted by atomic mass is 35.5. The molecule has 0 radical (unpaired) electrons. The second-order valence-electron chi connectivity index (χ2n) is 6.05. The molecular formula is C17H24ClN7. The van der Waals surface area contributed by atoms with E-state index < -0.39 is 0 Å². The molecule has 1 aliphatic rings. The minimum absolute atomic E-state index is 0.550. The Morgan fingerprint density at radius 2 is 1.84 bits per heavy atom. The Morgan fingerprint density at radius 1 is 1.12 bits per heavy atom. The number of hydrogen-bond acceptors (Lipinski definition) is 7. The number of aryl methyl sites for hydroxylation is 1. The molecule has 7 nitrogen and oxygen atoms in total. The van der Waals surface area contributed by atoms with Gasteiger partial charge in [0.15, 0.2) is 0 Å². The third-order valence-electron chi connectivity index (χ3n) is 4.35. The lowest BCUT2D eigenvalue weighted by Gasteiger charge is -2.34. The molecule has 1 saturated heterocycles. The first-order valence-electron chi connectivity index (χ1n) is 8.68. The molecule has 2 aromatic rings. The SMILES string of the molecule is CCc1c(Cl)nc(C)nc1NCCN1CCN(c2ncccn2)CC1. The molecular weight excluding hydrogens is 338 g/mol. The number of nitrogens with zero attached hydrogens (tertiary/aromatic N) is 6. The van der Waals surface area contributed by atoms with Crippen molar-refractivity contribution < 1.29 is 0 Å². The molecule has 1 N–H and O–H groups in total. The van der Waals surface area contributed by atoms with Crippen LogP contribution in [-0.2, 0) is 6.42 Å². The molecule has 0 atom stereocenters. The molecule has 2 aromatic heterocycles. The van der Waals surface area contributed by atoms with Crippen LogP contribution in [0.4, 0.5) is 11.8 Å². The van der Waals surface area contributed by atoms with Crippen LogP contribution in [0.25, 0.3) is 0 Å². The molecule has 1 fully saturated rings. The van der Waals surface area contributed by atoms with E-state index in [0.717, 1.165) is 63.0 Å². The van der Waals surface area contributed by atoms with Gasteiger partial charge in [0, 0.05) is 57.2 Å². The van der Waals surface area contributed by atoms with Crippen LogP contribution in [0.1, 0.15) is 18.3 Å². The largest absolute Gasteiger partial charge is 0.368 e. The number of nitrogens with one attached hydrogen (secondary N) is 1. The molecule has 0 saturated carbocycles. The first kappa shape index (κ1) is 17.8. The maximum absolute atomic E-state index is 6.22. The summed E-state index contributed by atoms with van der Waals surface area (Å²) >= 11 is 6.22. The van der Waals surface area contributed by atoms with Gasteiger partial charge in [-0.3, -0.25) is 4.90 Å². The third kappa shape index (κ3) is 4.55. The Hall–Kier alpha value is -1.99. The van der Waals surface area contributed by atoms with Crippen LogP contribution in [0, 0.1) is 6.92 Å². The molecule has 0 bridgehead atoms. The Labute approximate surface area is 153 Å². The van der Waals surface area contributed by atoms with Crippen LogP contribution in [0.15, 0.2) is 18.5 Å². The highest BCUT2D eigenvalue weighted by molar-refractivity contribution is 6.30. The van der Waals surface area contributed by atoms with Crippen molar-refractivity contribution in [3.05, 3.63) is 35.0 Å². The monoisotopic (exact) mass is 361 g/mol. The molecule has 25 heavy (non-hydrogen) atoms. The van der Waals surface area contributed by atoms with Gasteiger partial charge in [-0.25, -0.2) is 19.9 Å². The Bertz CT molecular complexity index is 687. The smallest absolute Gasteiger partial charge is 0.225 e. The lowest BCUT2D eigenvalue weighted by molar-refractivity contribution is 0.266. The van der Waals surface area contributed by atoms with Gasteiger partial charge < -0.3 is 10.2 Å². The van der Waals surface area contributed by atoms with Gasteiger partial charge in [0.25, 0.3) is 0 Å². The van der Waals surface area contributed by atoms with Crippen molar-refractivity contribution in [2.24, 2.45) is 0 Å². The Kier molecular flexibility index (Phi) is 5.99. The summed E-state index contributed by atoms with van der Waals surface area (Å²) in [6.45, 7) is 9.63. The second-order valence-corrected chi connectivity index (χ2v) is 6.40. The lowest BCUT2D eigenvalue weighted by Crippen LogP contribution is -2.48. The average molecular weight is 362 g/mol. The zero-order valence-corrected chi connectivity index (χ0v) is 15.5. The van der Waals surface area contributed by atoms with Crippen molar-refractivity contribution in [2.45, 2.75) is 20.3 Å². The van der Waals surface area contributed by atoms with Gasteiger partial charge in [0.1, 0.15) is 16.8 Å². The Morgan fingerprint density at radius 3 is 2.52 bits per heavy atom. The van der Waals surface area contributed by atoms with E-state index >= 15 is 0 Å². The standard InChI is InChI=1S/C17H24ClN7/c1-3-14-15(18)22-13(2)23-16(14)19-7-8-24-9-11-25(12-10-24)17-20-5-4-6-21-17/h4-6H,3,7-12H2,1-2H3,(H,19,22,23). The van der Waals surface area contributed by atoms with Crippen molar-refractivity contribution in [3.8, 4) is 0 Å². The van der Waals surface area contributed by atoms with E-state index in [2.05, 4.69) is 42.0 Å². The van der Waals surface area contributed by atoms with Crippen molar-refractivity contribution in [1.82, 2.24) is 24.8 Å². The summed E-state index contributed by atoms with van der Waals surface area (Å²) in [4.78, 5) is 22.0. The van der Waals surface area contributed by atoms with Crippen LogP contribution in [-0.4, -0.2) is 64.1 Å². The number of piperazine rings is 1. The van der Waals surface area contributed by atoms with Gasteiger partial charge in [-0.2, -0.15) is 0 Å². The number of rotatable bonds is 6. The fourth-order valence-corrected chi connectivity index (χ4v) is 3.32. The molecule has 0 aliphatic carbocycles. The van der Waals surface area contributed by atoms with E-state index in [0.29, 0.717) is 11.0 Å². The normalized spacial score (nSPS) is 15.4. The topological polar surface area (TPSA) is 70.1 Å². The molecule has 8 heteroatoms. The van der Waals surface area contributed by atoms with Gasteiger partial charge >= 0.3 is 0 Å². The molecule has 3 heterocycles. The van der Waals surface area contributed by atoms with Crippen LogP contribution in [0.3, 0.4) is 0 Å². The van der Waals surface area contributed by atoms with Crippen LogP contribution >= 0.6 is 11.6 Å². The van der Waals surface area contributed by atoms with Crippen molar-refractivity contribution in [2.75, 3.05) is 49.5 Å². The van der Waals surface area contributed by atoms with E-state index in [1.54, 1.807) is 12.4 Å². The average Bonchev–Trinajstić information content (AvgIpc) is 2.63. The number of aromatic nitrogens is 4. The molecule has 1 aliphatic heterocycles. The molecule has 0 amide bonds. The third-order valence-corrected chi connectivity index (χ3v) is 4.66. The summed E-state index contributed by atoms with van der Waals surface area (Å²) in [5.41, 5.74) is 0.985. The zero-order chi connectivity index (χ0) is 17.6. The lowest BCUT2D eigenvalue weighted by atomic mass is 10.2. The number of anilines is 2. The van der Waals surface area contributed by atoms with E-state index in [1.807, 2.05) is 13.0 Å². The van der Waals surface area contributed by atoms with Gasteiger partial charge in [0.05, 0.1) is 0 Å². The first-order chi connectivity index (χ1) is 12.2. The van der Waals surface area contributed by atoms with Crippen LogP contribution in [0.5, 0.6) is 0 Å². The van der Waals surface area contributed by atoms with Crippen molar-refractivity contribution in [3.63, 3.8) is 0 Å². The van der Waals surface area contributed by atoms with E-state index in [-0.39, 0.29) is 0 Å². The Balaban J connectivity index is 1.48. The van der Waals surface area contributed by atoms with Gasteiger partial charge in [-0.1, -0.05) is 18.5 Å². The minimum atomic E-state index is 0.550. The summed E-state index contributed by atoms with van der Waals surface area (Å²) < 4.78 is 0. The summed E-state index contributed by atoms with van der Waals surface area (Å²) in [5, 5.41) is 3.97. The highest BCUT2D eigenvalue weighted by Crippen LogP contribution is 2.21. The molecule has 0 unspecified atom stereocenters.